The van der Waals surface area contributed by atoms with Gasteiger partial charge < -0.3 is 25.4 Å². The van der Waals surface area contributed by atoms with Crippen LogP contribution in [0.5, 0.6) is 5.75 Å². The van der Waals surface area contributed by atoms with Gasteiger partial charge in [0.1, 0.15) is 5.75 Å². The number of hydrogen-bond acceptors (Lipinski definition) is 6. The number of methoxy groups -OCH3 is 1. The minimum absolute atomic E-state index is 0.138. The highest BCUT2D eigenvalue weighted by molar-refractivity contribution is 6.31. The first-order chi connectivity index (χ1) is 14.8. The van der Waals surface area contributed by atoms with Gasteiger partial charge in [0, 0.05) is 29.7 Å². The van der Waals surface area contributed by atoms with E-state index in [1.54, 1.807) is 36.4 Å². The molecule has 9 nitrogen and oxygen atoms in total. The zero-order chi connectivity index (χ0) is 22.8. The molecule has 0 radical (unpaired) electrons. The van der Waals surface area contributed by atoms with Crippen molar-refractivity contribution in [2.24, 2.45) is 0 Å². The van der Waals surface area contributed by atoms with Crippen LogP contribution < -0.4 is 20.7 Å². The van der Waals surface area contributed by atoms with Crippen molar-refractivity contribution >= 4 is 52.4 Å². The van der Waals surface area contributed by atoms with E-state index >= 15 is 0 Å². The van der Waals surface area contributed by atoms with Gasteiger partial charge in [-0.05, 0) is 42.5 Å². The highest BCUT2D eigenvalue weighted by Crippen LogP contribution is 2.27. The van der Waals surface area contributed by atoms with Crippen LogP contribution in [-0.4, -0.2) is 37.4 Å². The molecule has 10 heteroatoms. The maximum Gasteiger partial charge on any atom is 0.306 e. The molecule has 0 aromatic heterocycles. The third-order valence-electron chi connectivity index (χ3n) is 3.85. The fraction of sp³-hybridized carbons (Fsp3) is 0.238. The van der Waals surface area contributed by atoms with Crippen molar-refractivity contribution in [1.29, 1.82) is 0 Å². The van der Waals surface area contributed by atoms with Crippen LogP contribution in [0.4, 0.5) is 17.1 Å². The smallest absolute Gasteiger partial charge is 0.306 e. The molecular weight excluding hydrogens is 426 g/mol. The van der Waals surface area contributed by atoms with E-state index in [1.165, 1.54) is 20.1 Å². The molecule has 3 amide bonds. The number of rotatable bonds is 9. The molecule has 0 atom stereocenters. The maximum absolute atomic E-state index is 12.0. The highest BCUT2D eigenvalue weighted by Gasteiger charge is 2.13. The van der Waals surface area contributed by atoms with Crippen molar-refractivity contribution in [2.75, 3.05) is 29.7 Å². The molecule has 2 rings (SSSR count). The van der Waals surface area contributed by atoms with Crippen LogP contribution in [0.25, 0.3) is 0 Å². The number of carbonyl (C=O) groups is 4. The SMILES string of the molecule is COc1ccc(Cl)cc1NC(=O)CCC(=O)OCC(=O)Nc1ccc(NC(C)=O)cc1. The van der Waals surface area contributed by atoms with E-state index < -0.39 is 24.4 Å². The molecule has 0 aliphatic carbocycles. The van der Waals surface area contributed by atoms with Gasteiger partial charge in [-0.15, -0.1) is 0 Å². The van der Waals surface area contributed by atoms with Crippen molar-refractivity contribution in [3.63, 3.8) is 0 Å². The Hall–Kier alpha value is -3.59. The molecule has 2 aromatic carbocycles. The van der Waals surface area contributed by atoms with Gasteiger partial charge in [0.05, 0.1) is 19.2 Å². The summed E-state index contributed by atoms with van der Waals surface area (Å²) in [5.74, 6) is -1.43. The van der Waals surface area contributed by atoms with Gasteiger partial charge in [0.25, 0.3) is 5.91 Å². The molecule has 0 heterocycles. The van der Waals surface area contributed by atoms with Crippen LogP contribution >= 0.6 is 11.6 Å². The summed E-state index contributed by atoms with van der Waals surface area (Å²) in [6, 6.07) is 11.2. The first-order valence-electron chi connectivity index (χ1n) is 9.23. The average molecular weight is 448 g/mol. The van der Waals surface area contributed by atoms with Gasteiger partial charge in [-0.25, -0.2) is 0 Å². The lowest BCUT2D eigenvalue weighted by atomic mass is 10.2. The number of carbonyl (C=O) groups excluding carboxylic acids is 4. The zero-order valence-electron chi connectivity index (χ0n) is 17.0. The van der Waals surface area contributed by atoms with Crippen molar-refractivity contribution in [1.82, 2.24) is 0 Å². The van der Waals surface area contributed by atoms with Gasteiger partial charge in [-0.2, -0.15) is 0 Å². The Labute approximate surface area is 184 Å². The Balaban J connectivity index is 1.72. The van der Waals surface area contributed by atoms with E-state index in [9.17, 15) is 19.2 Å². The van der Waals surface area contributed by atoms with E-state index in [-0.39, 0.29) is 18.7 Å². The van der Waals surface area contributed by atoms with Crippen molar-refractivity contribution in [3.05, 3.63) is 47.5 Å². The lowest BCUT2D eigenvalue weighted by Crippen LogP contribution is -2.21. The second-order valence-electron chi connectivity index (χ2n) is 6.36. The number of anilines is 3. The average Bonchev–Trinajstić information content (AvgIpc) is 2.72. The molecule has 0 aliphatic heterocycles. The summed E-state index contributed by atoms with van der Waals surface area (Å²) in [6.45, 7) is 0.901. The van der Waals surface area contributed by atoms with Gasteiger partial charge in [-0.3, -0.25) is 19.2 Å². The number of benzene rings is 2. The minimum atomic E-state index is -0.690. The van der Waals surface area contributed by atoms with Crippen LogP contribution in [0.3, 0.4) is 0 Å². The molecule has 0 bridgehead atoms. The molecule has 0 aliphatic rings. The summed E-state index contributed by atoms with van der Waals surface area (Å²) in [4.78, 5) is 46.7. The largest absolute Gasteiger partial charge is 0.495 e. The number of halogens is 1. The van der Waals surface area contributed by atoms with Crippen LogP contribution in [0.2, 0.25) is 5.02 Å². The zero-order valence-corrected chi connectivity index (χ0v) is 17.7. The predicted molar refractivity (Wildman–Crippen MR) is 116 cm³/mol. The number of hydrogen-bond donors (Lipinski definition) is 3. The molecule has 0 fully saturated rings. The molecular formula is C21H22ClN3O6. The number of ether oxygens (including phenoxy) is 2. The summed E-state index contributed by atoms with van der Waals surface area (Å²) in [5.41, 5.74) is 1.45. The van der Waals surface area contributed by atoms with E-state index in [0.29, 0.717) is 27.8 Å². The monoisotopic (exact) mass is 447 g/mol. The first kappa shape index (κ1) is 23.7. The lowest BCUT2D eigenvalue weighted by Gasteiger charge is -2.10. The van der Waals surface area contributed by atoms with E-state index in [4.69, 9.17) is 21.1 Å². The number of amides is 3. The molecule has 164 valence electrons. The van der Waals surface area contributed by atoms with Crippen LogP contribution in [-0.2, 0) is 23.9 Å². The topological polar surface area (TPSA) is 123 Å². The Bertz CT molecular complexity index is 962. The second-order valence-corrected chi connectivity index (χ2v) is 6.80. The van der Waals surface area contributed by atoms with Gasteiger partial charge >= 0.3 is 5.97 Å². The quantitative estimate of drug-likeness (QED) is 0.507. The summed E-state index contributed by atoms with van der Waals surface area (Å²) >= 11 is 5.91. The van der Waals surface area contributed by atoms with Crippen LogP contribution in [0.15, 0.2) is 42.5 Å². The molecule has 0 saturated carbocycles. The Morgan fingerprint density at radius 2 is 1.52 bits per heavy atom. The third-order valence-corrected chi connectivity index (χ3v) is 4.08. The Morgan fingerprint density at radius 3 is 2.13 bits per heavy atom. The summed E-state index contributed by atoms with van der Waals surface area (Å²) in [7, 11) is 1.46. The standard InChI is InChI=1S/C21H22ClN3O6/c1-13(26)23-15-4-6-16(7-5-15)24-20(28)12-31-21(29)10-9-19(27)25-17-11-14(22)3-8-18(17)30-2/h3-8,11H,9-10,12H2,1-2H3,(H,23,26)(H,24,28)(H,25,27). The highest BCUT2D eigenvalue weighted by atomic mass is 35.5. The molecule has 2 aromatic rings. The molecule has 3 N–H and O–H groups in total. The van der Waals surface area contributed by atoms with Crippen molar-refractivity contribution in [3.8, 4) is 5.75 Å². The fourth-order valence-electron chi connectivity index (χ4n) is 2.46. The number of nitrogens with one attached hydrogen (secondary N) is 3. The minimum Gasteiger partial charge on any atom is -0.495 e. The van der Waals surface area contributed by atoms with E-state index in [2.05, 4.69) is 16.0 Å². The molecule has 31 heavy (non-hydrogen) atoms. The molecule has 0 unspecified atom stereocenters. The van der Waals surface area contributed by atoms with E-state index in [0.717, 1.165) is 0 Å². The summed E-state index contributed by atoms with van der Waals surface area (Å²) in [5, 5.41) is 8.20. The fourth-order valence-corrected chi connectivity index (χ4v) is 2.63. The Morgan fingerprint density at radius 1 is 0.871 bits per heavy atom. The maximum atomic E-state index is 12.0. The predicted octanol–water partition coefficient (Wildman–Crippen LogP) is 3.21. The number of esters is 1. The first-order valence-corrected chi connectivity index (χ1v) is 9.61. The van der Waals surface area contributed by atoms with E-state index in [1.807, 2.05) is 0 Å². The molecule has 0 saturated heterocycles. The summed E-state index contributed by atoms with van der Waals surface area (Å²) < 4.78 is 10.0. The second kappa shape index (κ2) is 11.6. The van der Waals surface area contributed by atoms with Crippen LogP contribution in [0, 0.1) is 0 Å². The lowest BCUT2D eigenvalue weighted by molar-refractivity contribution is -0.147. The van der Waals surface area contributed by atoms with Crippen molar-refractivity contribution < 1.29 is 28.7 Å². The van der Waals surface area contributed by atoms with Gasteiger partial charge in [0.15, 0.2) is 6.61 Å². The normalized spacial score (nSPS) is 10.0. The van der Waals surface area contributed by atoms with Gasteiger partial charge in [-0.1, -0.05) is 11.6 Å². The summed E-state index contributed by atoms with van der Waals surface area (Å²) in [6.07, 6.45) is -0.339. The third kappa shape index (κ3) is 8.35. The van der Waals surface area contributed by atoms with Crippen molar-refractivity contribution in [2.45, 2.75) is 19.8 Å². The van der Waals surface area contributed by atoms with Gasteiger partial charge in [0.2, 0.25) is 11.8 Å². The Kier molecular flexibility index (Phi) is 8.83. The molecule has 0 spiro atoms. The van der Waals surface area contributed by atoms with Crippen LogP contribution in [0.1, 0.15) is 19.8 Å².